The first-order chi connectivity index (χ1) is 8.54. The molecule has 1 aromatic rings. The van der Waals surface area contributed by atoms with E-state index in [4.69, 9.17) is 0 Å². The number of nitrogens with one attached hydrogen (secondary N) is 1. The second kappa shape index (κ2) is 5.62. The van der Waals surface area contributed by atoms with Gasteiger partial charge in [-0.3, -0.25) is 0 Å². The van der Waals surface area contributed by atoms with Crippen molar-refractivity contribution in [3.8, 4) is 0 Å². The molecule has 0 bridgehead atoms. The minimum absolute atomic E-state index is 0.139. The molecule has 3 heteroatoms. The topological polar surface area (TPSA) is 32.3 Å². The molecule has 1 aliphatic rings. The zero-order chi connectivity index (χ0) is 13.2. The van der Waals surface area contributed by atoms with Crippen LogP contribution >= 0.6 is 15.9 Å². The van der Waals surface area contributed by atoms with Gasteiger partial charge in [0.1, 0.15) is 0 Å². The van der Waals surface area contributed by atoms with E-state index < -0.39 is 0 Å². The number of hydrogen-bond acceptors (Lipinski definition) is 2. The van der Waals surface area contributed by atoms with Crippen molar-refractivity contribution < 1.29 is 5.11 Å². The molecule has 2 nitrogen and oxygen atoms in total. The minimum Gasteiger partial charge on any atom is -0.394 e. The molecule has 2 N–H and O–H groups in total. The summed E-state index contributed by atoms with van der Waals surface area (Å²) in [6, 6.07) is 8.18. The molecule has 3 atom stereocenters. The van der Waals surface area contributed by atoms with Crippen molar-refractivity contribution in [3.05, 3.63) is 28.7 Å². The van der Waals surface area contributed by atoms with Gasteiger partial charge in [-0.1, -0.05) is 29.8 Å². The Balaban J connectivity index is 2.11. The predicted molar refractivity (Wildman–Crippen MR) is 79.8 cm³/mol. The Kier molecular flexibility index (Phi) is 4.33. The summed E-state index contributed by atoms with van der Waals surface area (Å²) >= 11 is 3.44. The van der Waals surface area contributed by atoms with E-state index in [2.05, 4.69) is 47.2 Å². The van der Waals surface area contributed by atoms with Gasteiger partial charge in [0, 0.05) is 10.2 Å². The van der Waals surface area contributed by atoms with Gasteiger partial charge in [-0.25, -0.2) is 0 Å². The van der Waals surface area contributed by atoms with Crippen LogP contribution in [0.1, 0.15) is 33.1 Å². The molecule has 0 aromatic heterocycles. The lowest BCUT2D eigenvalue weighted by molar-refractivity contribution is 0.121. The third kappa shape index (κ3) is 3.07. The molecule has 2 rings (SSSR count). The molecule has 0 heterocycles. The molecule has 1 saturated carbocycles. The smallest absolute Gasteiger partial charge is 0.0661 e. The van der Waals surface area contributed by atoms with Gasteiger partial charge in [0.25, 0.3) is 0 Å². The third-order valence-corrected chi connectivity index (χ3v) is 4.85. The van der Waals surface area contributed by atoms with Gasteiger partial charge >= 0.3 is 0 Å². The maximum atomic E-state index is 9.79. The average molecular weight is 312 g/mol. The fourth-order valence-corrected chi connectivity index (χ4v) is 3.11. The second-order valence-electron chi connectivity index (χ2n) is 5.77. The standard InChI is InChI=1S/C15H22BrNO/c1-11-7-8-15(10-18,9-12(11)2)17-14-5-3-13(16)4-6-14/h3-6,11-12,17-18H,7-10H2,1-2H3. The van der Waals surface area contributed by atoms with Gasteiger partial charge in [-0.15, -0.1) is 0 Å². The Bertz CT molecular complexity index is 392. The summed E-state index contributed by atoms with van der Waals surface area (Å²) < 4.78 is 1.08. The van der Waals surface area contributed by atoms with E-state index in [1.165, 1.54) is 6.42 Å². The van der Waals surface area contributed by atoms with Gasteiger partial charge < -0.3 is 10.4 Å². The third-order valence-electron chi connectivity index (χ3n) is 4.32. The highest BCUT2D eigenvalue weighted by Gasteiger charge is 2.37. The Morgan fingerprint density at radius 3 is 2.50 bits per heavy atom. The van der Waals surface area contributed by atoms with Crippen molar-refractivity contribution in [2.75, 3.05) is 11.9 Å². The Morgan fingerprint density at radius 1 is 1.28 bits per heavy atom. The van der Waals surface area contributed by atoms with E-state index in [0.717, 1.165) is 28.9 Å². The summed E-state index contributed by atoms with van der Waals surface area (Å²) in [6.07, 6.45) is 3.27. The van der Waals surface area contributed by atoms with Crippen LogP contribution in [0.5, 0.6) is 0 Å². The molecular weight excluding hydrogens is 290 g/mol. The normalized spacial score (nSPS) is 32.2. The number of benzene rings is 1. The first-order valence-corrected chi connectivity index (χ1v) is 7.48. The lowest BCUT2D eigenvalue weighted by Gasteiger charge is -2.43. The van der Waals surface area contributed by atoms with Crippen LogP contribution < -0.4 is 5.32 Å². The zero-order valence-corrected chi connectivity index (χ0v) is 12.7. The highest BCUT2D eigenvalue weighted by Crippen LogP contribution is 2.38. The van der Waals surface area contributed by atoms with Crippen molar-refractivity contribution in [2.24, 2.45) is 11.8 Å². The summed E-state index contributed by atoms with van der Waals surface area (Å²) in [5.41, 5.74) is 0.953. The van der Waals surface area contributed by atoms with Crippen LogP contribution in [0, 0.1) is 11.8 Å². The molecule has 18 heavy (non-hydrogen) atoms. The van der Waals surface area contributed by atoms with Crippen LogP contribution in [0.25, 0.3) is 0 Å². The van der Waals surface area contributed by atoms with Gasteiger partial charge in [-0.05, 0) is 55.4 Å². The SMILES string of the molecule is CC1CCC(CO)(Nc2ccc(Br)cc2)CC1C. The lowest BCUT2D eigenvalue weighted by Crippen LogP contribution is -2.47. The number of rotatable bonds is 3. The molecule has 0 radical (unpaired) electrons. The molecule has 3 unspecified atom stereocenters. The van der Waals surface area contributed by atoms with Gasteiger partial charge in [-0.2, -0.15) is 0 Å². The molecule has 0 amide bonds. The number of halogens is 1. The molecule has 1 aliphatic carbocycles. The summed E-state index contributed by atoms with van der Waals surface area (Å²) in [5.74, 6) is 1.42. The van der Waals surface area contributed by atoms with Crippen LogP contribution in [0.2, 0.25) is 0 Å². The van der Waals surface area contributed by atoms with Crippen molar-refractivity contribution >= 4 is 21.6 Å². The lowest BCUT2D eigenvalue weighted by atomic mass is 9.71. The van der Waals surface area contributed by atoms with E-state index >= 15 is 0 Å². The molecule has 0 saturated heterocycles. The number of anilines is 1. The van der Waals surface area contributed by atoms with Crippen LogP contribution in [-0.2, 0) is 0 Å². The highest BCUT2D eigenvalue weighted by atomic mass is 79.9. The van der Waals surface area contributed by atoms with Gasteiger partial charge in [0.05, 0.1) is 12.1 Å². The summed E-state index contributed by atoms with van der Waals surface area (Å²) in [5, 5.41) is 13.3. The molecule has 0 aliphatic heterocycles. The number of hydrogen-bond donors (Lipinski definition) is 2. The molecule has 1 aromatic carbocycles. The summed E-state index contributed by atoms with van der Waals surface area (Å²) in [6.45, 7) is 4.81. The Labute approximate surface area is 118 Å². The van der Waals surface area contributed by atoms with E-state index in [0.29, 0.717) is 5.92 Å². The van der Waals surface area contributed by atoms with Crippen LogP contribution in [0.4, 0.5) is 5.69 Å². The van der Waals surface area contributed by atoms with Crippen molar-refractivity contribution in [1.82, 2.24) is 0 Å². The van der Waals surface area contributed by atoms with Crippen LogP contribution in [0.15, 0.2) is 28.7 Å². The maximum absolute atomic E-state index is 9.79. The van der Waals surface area contributed by atoms with Crippen molar-refractivity contribution in [1.29, 1.82) is 0 Å². The predicted octanol–water partition coefficient (Wildman–Crippen LogP) is 4.05. The maximum Gasteiger partial charge on any atom is 0.0661 e. The van der Waals surface area contributed by atoms with E-state index in [-0.39, 0.29) is 12.1 Å². The molecular formula is C15H22BrNO. The van der Waals surface area contributed by atoms with E-state index in [9.17, 15) is 5.11 Å². The first-order valence-electron chi connectivity index (χ1n) is 6.69. The van der Waals surface area contributed by atoms with Crippen molar-refractivity contribution in [3.63, 3.8) is 0 Å². The minimum atomic E-state index is -0.139. The quantitative estimate of drug-likeness (QED) is 0.882. The van der Waals surface area contributed by atoms with E-state index in [1.807, 2.05) is 12.1 Å². The molecule has 0 spiro atoms. The van der Waals surface area contributed by atoms with E-state index in [1.54, 1.807) is 0 Å². The number of aliphatic hydroxyl groups is 1. The average Bonchev–Trinajstić information content (AvgIpc) is 2.37. The highest BCUT2D eigenvalue weighted by molar-refractivity contribution is 9.10. The zero-order valence-electron chi connectivity index (χ0n) is 11.1. The number of aliphatic hydroxyl groups excluding tert-OH is 1. The Hall–Kier alpha value is -0.540. The monoisotopic (exact) mass is 311 g/mol. The molecule has 100 valence electrons. The fourth-order valence-electron chi connectivity index (χ4n) is 2.84. The van der Waals surface area contributed by atoms with Crippen LogP contribution in [0.3, 0.4) is 0 Å². The van der Waals surface area contributed by atoms with Crippen molar-refractivity contribution in [2.45, 2.75) is 38.6 Å². The largest absolute Gasteiger partial charge is 0.394 e. The summed E-state index contributed by atoms with van der Waals surface area (Å²) in [7, 11) is 0. The fraction of sp³-hybridized carbons (Fsp3) is 0.600. The summed E-state index contributed by atoms with van der Waals surface area (Å²) in [4.78, 5) is 0. The first kappa shape index (κ1) is 13.9. The second-order valence-corrected chi connectivity index (χ2v) is 6.68. The van der Waals surface area contributed by atoms with Crippen LogP contribution in [-0.4, -0.2) is 17.3 Å². The van der Waals surface area contributed by atoms with Gasteiger partial charge in [0.2, 0.25) is 0 Å². The molecule has 1 fully saturated rings. The van der Waals surface area contributed by atoms with Gasteiger partial charge in [0.15, 0.2) is 0 Å². The Morgan fingerprint density at radius 2 is 1.94 bits per heavy atom.